The third kappa shape index (κ3) is 5.83. The molecule has 0 N–H and O–H groups in total. The maximum atomic E-state index is 2.63. The average Bonchev–Trinajstić information content (AvgIpc) is 3.35. The summed E-state index contributed by atoms with van der Waals surface area (Å²) in [4.78, 5) is 0. The fraction of sp³-hybridized carbons (Fsp3) is 0.391. The molecule has 0 nitrogen and oxygen atoms in total. The number of hydrogen-bond donors (Lipinski definition) is 0. The second kappa shape index (κ2) is 13.1. The summed E-state index contributed by atoms with van der Waals surface area (Å²) in [7, 11) is 0. The molecule has 4 aliphatic rings. The summed E-state index contributed by atoms with van der Waals surface area (Å²) in [6, 6.07) is 33.5. The molecule has 4 aromatic rings. The third-order valence-electron chi connectivity index (χ3n) is 12.6. The van der Waals surface area contributed by atoms with Gasteiger partial charge in [0.2, 0.25) is 0 Å². The Labute approximate surface area is 313 Å². The van der Waals surface area contributed by atoms with Crippen LogP contribution in [-0.4, -0.2) is 0 Å². The summed E-state index contributed by atoms with van der Waals surface area (Å²) in [6.45, 7) is 18.9. The van der Waals surface area contributed by atoms with Gasteiger partial charge in [-0.05, 0) is 0 Å². The molecule has 0 radical (unpaired) electrons. The SMILES string of the molecule is CC1=Cc2c(-c3ccc(C(C)(C)C)cc3)cccc2[CH]1[Hf]1([CH]2C(C)=Cc3c(-c4ccc(C(C)(C)C)cc4)cccc32)[CH]2CCCC[CH]21.Cl.Cl. The number of fused-ring (bicyclic) bond motifs is 3. The van der Waals surface area contributed by atoms with Crippen molar-refractivity contribution in [3.8, 4) is 22.3 Å². The molecule has 1 aliphatic heterocycles. The molecule has 4 unspecified atom stereocenters. The molecule has 2 fully saturated rings. The van der Waals surface area contributed by atoms with Crippen molar-refractivity contribution in [2.75, 3.05) is 0 Å². The molecule has 0 aromatic heterocycles. The monoisotopic (exact) mass is 856 g/mol. The third-order valence-corrected chi connectivity index (χ3v) is 38.1. The van der Waals surface area contributed by atoms with Crippen LogP contribution in [0.4, 0.5) is 0 Å². The molecule has 3 heteroatoms. The zero-order valence-electron chi connectivity index (χ0n) is 30.7. The van der Waals surface area contributed by atoms with Gasteiger partial charge in [-0.1, -0.05) is 0 Å². The Kier molecular flexibility index (Phi) is 9.78. The summed E-state index contributed by atoms with van der Waals surface area (Å²) >= 11 is -3.13. The Hall–Kier alpha value is -2.19. The molecule has 0 spiro atoms. The summed E-state index contributed by atoms with van der Waals surface area (Å²) in [5.41, 5.74) is 18.5. The quantitative estimate of drug-likeness (QED) is 0.179. The van der Waals surface area contributed by atoms with Crippen LogP contribution in [0.5, 0.6) is 0 Å². The number of benzene rings is 4. The second-order valence-electron chi connectivity index (χ2n) is 17.4. The number of halogens is 2. The topological polar surface area (TPSA) is 0 Å². The summed E-state index contributed by atoms with van der Waals surface area (Å²) in [5, 5.41) is 0. The van der Waals surface area contributed by atoms with Gasteiger partial charge in [-0.25, -0.2) is 0 Å². The van der Waals surface area contributed by atoms with Crippen LogP contribution in [-0.2, 0) is 30.8 Å². The first-order valence-electron chi connectivity index (χ1n) is 18.2. The minimum absolute atomic E-state index is 0. The first-order valence-corrected chi connectivity index (χ1v) is 26.5. The maximum Gasteiger partial charge on any atom is -0.147 e. The number of hydrogen-bond acceptors (Lipinski definition) is 0. The van der Waals surface area contributed by atoms with Crippen LogP contribution in [0.25, 0.3) is 34.4 Å². The zero-order chi connectivity index (χ0) is 32.9. The van der Waals surface area contributed by atoms with Crippen molar-refractivity contribution < 1.29 is 20.0 Å². The van der Waals surface area contributed by atoms with Gasteiger partial charge < -0.3 is 0 Å². The van der Waals surface area contributed by atoms with E-state index in [9.17, 15) is 0 Å². The Bertz CT molecular complexity index is 1790. The standard InChI is InChI=1S/2C20H21.C6H10.2ClH.Hf/c2*1-14-12-16-6-5-7-18(19(16)13-14)15-8-10-17(11-9-15)20(2,3)4;1-2-4-6-5-3-1;;;/h2*5-13H,1-4H3;1-2H,3-6H2;2*1H;. The van der Waals surface area contributed by atoms with Gasteiger partial charge in [0.05, 0.1) is 0 Å². The smallest absolute Gasteiger partial charge is 0.147 e. The Morgan fingerprint density at radius 1 is 0.510 bits per heavy atom. The van der Waals surface area contributed by atoms with Crippen LogP contribution in [0.1, 0.15) is 122 Å². The van der Waals surface area contributed by atoms with E-state index in [2.05, 4.69) is 152 Å². The van der Waals surface area contributed by atoms with Gasteiger partial charge in [0.15, 0.2) is 0 Å². The minimum Gasteiger partial charge on any atom is -0.147 e. The van der Waals surface area contributed by atoms with Gasteiger partial charge >= 0.3 is 290 Å². The van der Waals surface area contributed by atoms with Crippen LogP contribution in [0.3, 0.4) is 0 Å². The molecule has 49 heavy (non-hydrogen) atoms. The molecule has 1 saturated carbocycles. The van der Waals surface area contributed by atoms with E-state index < -0.39 is 20.0 Å². The molecule has 4 aromatic carbocycles. The number of allylic oxidation sites excluding steroid dienone is 2. The van der Waals surface area contributed by atoms with Crippen molar-refractivity contribution in [1.29, 1.82) is 0 Å². The predicted octanol–water partition coefficient (Wildman–Crippen LogP) is 14.4. The van der Waals surface area contributed by atoms with Gasteiger partial charge in [0.25, 0.3) is 0 Å². The normalized spacial score (nSPS) is 25.2. The molecule has 8 rings (SSSR count). The van der Waals surface area contributed by atoms with Crippen LogP contribution >= 0.6 is 24.8 Å². The van der Waals surface area contributed by atoms with Crippen molar-refractivity contribution in [3.63, 3.8) is 0 Å². The maximum absolute atomic E-state index is 3.13. The Balaban J connectivity index is 0.00000208. The van der Waals surface area contributed by atoms with Gasteiger partial charge in [-0.3, -0.25) is 0 Å². The average molecular weight is 856 g/mol. The van der Waals surface area contributed by atoms with Crippen molar-refractivity contribution in [2.45, 2.75) is 107 Å². The molecule has 1 saturated heterocycles. The molecule has 256 valence electrons. The van der Waals surface area contributed by atoms with E-state index >= 15 is 0 Å². The van der Waals surface area contributed by atoms with Crippen molar-refractivity contribution >= 4 is 37.0 Å². The van der Waals surface area contributed by atoms with E-state index in [0.717, 1.165) is 7.35 Å². The van der Waals surface area contributed by atoms with Crippen molar-refractivity contribution in [1.82, 2.24) is 0 Å². The van der Waals surface area contributed by atoms with Gasteiger partial charge in [0, 0.05) is 0 Å². The van der Waals surface area contributed by atoms with E-state index in [1.54, 1.807) is 22.3 Å². The van der Waals surface area contributed by atoms with Crippen molar-refractivity contribution in [3.05, 3.63) is 129 Å². The Morgan fingerprint density at radius 2 is 0.878 bits per heavy atom. The van der Waals surface area contributed by atoms with E-state index in [1.807, 2.05) is 0 Å². The molecule has 0 amide bonds. The first kappa shape index (κ1) is 36.6. The van der Waals surface area contributed by atoms with E-state index in [-0.39, 0.29) is 35.6 Å². The summed E-state index contributed by atoms with van der Waals surface area (Å²) in [6.07, 6.45) is 11.1. The molecular weight excluding hydrogens is 802 g/mol. The van der Waals surface area contributed by atoms with Crippen LogP contribution in [0, 0.1) is 0 Å². The second-order valence-corrected chi connectivity index (χ2v) is 34.1. The van der Waals surface area contributed by atoms with E-state index in [1.165, 1.54) is 70.2 Å². The van der Waals surface area contributed by atoms with Crippen LogP contribution < -0.4 is 0 Å². The fourth-order valence-electron chi connectivity index (χ4n) is 10.5. The predicted molar refractivity (Wildman–Crippen MR) is 214 cm³/mol. The summed E-state index contributed by atoms with van der Waals surface area (Å²) < 4.78 is 3.40. The van der Waals surface area contributed by atoms with E-state index in [0.29, 0.717) is 7.35 Å². The van der Waals surface area contributed by atoms with Crippen molar-refractivity contribution in [2.24, 2.45) is 0 Å². The molecule has 3 aliphatic carbocycles. The zero-order valence-corrected chi connectivity index (χ0v) is 35.9. The van der Waals surface area contributed by atoms with E-state index in [4.69, 9.17) is 0 Å². The van der Waals surface area contributed by atoms with Gasteiger partial charge in [-0.2, -0.15) is 0 Å². The number of rotatable bonds is 4. The van der Waals surface area contributed by atoms with Gasteiger partial charge in [-0.15, -0.1) is 24.8 Å². The molecule has 0 bridgehead atoms. The van der Waals surface area contributed by atoms with Crippen LogP contribution in [0.2, 0.25) is 7.35 Å². The van der Waals surface area contributed by atoms with Gasteiger partial charge in [0.1, 0.15) is 0 Å². The molecule has 4 atom stereocenters. The molecular formula is C46H54Cl2Hf. The Morgan fingerprint density at radius 3 is 1.22 bits per heavy atom. The fourth-order valence-corrected chi connectivity index (χ4v) is 45.9. The largest absolute Gasteiger partial charge is 0.147 e. The van der Waals surface area contributed by atoms with Crippen LogP contribution in [0.15, 0.2) is 96.1 Å². The molecule has 1 heterocycles. The minimum atomic E-state index is -3.13. The first-order chi connectivity index (χ1) is 22.4. The summed E-state index contributed by atoms with van der Waals surface area (Å²) in [5.74, 6) is 0.